The quantitative estimate of drug-likeness (QED) is 0.754. The molecule has 1 aliphatic rings. The molecule has 0 aromatic carbocycles. The molecule has 1 atom stereocenters. The van der Waals surface area contributed by atoms with Crippen LogP contribution < -0.4 is 0 Å². The van der Waals surface area contributed by atoms with Crippen molar-refractivity contribution in [1.82, 2.24) is 9.21 Å². The summed E-state index contributed by atoms with van der Waals surface area (Å²) in [6.07, 6.45) is -3.61. The number of halogens is 3. The number of hydrogen-bond acceptors (Lipinski definition) is 4. The van der Waals surface area contributed by atoms with Crippen molar-refractivity contribution < 1.29 is 26.4 Å². The van der Waals surface area contributed by atoms with Gasteiger partial charge in [-0.15, -0.1) is 11.8 Å². The van der Waals surface area contributed by atoms with Gasteiger partial charge < -0.3 is 4.90 Å². The third-order valence-corrected chi connectivity index (χ3v) is 4.93. The molecule has 1 aliphatic heterocycles. The highest BCUT2D eigenvalue weighted by Gasteiger charge is 2.48. The number of alkyl halides is 3. The zero-order valence-electron chi connectivity index (χ0n) is 9.77. The molecule has 0 N–H and O–H groups in total. The molecule has 0 spiro atoms. The Kier molecular flexibility index (Phi) is 4.55. The van der Waals surface area contributed by atoms with Crippen molar-refractivity contribution in [3.8, 4) is 0 Å². The lowest BCUT2D eigenvalue weighted by atomic mass is 10.4. The van der Waals surface area contributed by atoms with E-state index in [0.717, 1.165) is 17.6 Å². The van der Waals surface area contributed by atoms with E-state index in [2.05, 4.69) is 0 Å². The Labute approximate surface area is 107 Å². The zero-order chi connectivity index (χ0) is 14.1. The molecule has 1 fully saturated rings. The van der Waals surface area contributed by atoms with Crippen molar-refractivity contribution in [2.75, 3.05) is 32.1 Å². The highest BCUT2D eigenvalue weighted by Crippen LogP contribution is 2.37. The molecule has 1 unspecified atom stereocenters. The van der Waals surface area contributed by atoms with Gasteiger partial charge in [-0.1, -0.05) is 0 Å². The van der Waals surface area contributed by atoms with Crippen LogP contribution in [0.25, 0.3) is 0 Å². The van der Waals surface area contributed by atoms with E-state index in [-0.39, 0.29) is 12.3 Å². The number of likely N-dealkylation sites (N-methyl/N-ethyl adjacent to an activating group) is 1. The molecule has 10 heteroatoms. The van der Waals surface area contributed by atoms with E-state index in [0.29, 0.717) is 16.7 Å². The highest BCUT2D eigenvalue weighted by molar-refractivity contribution is 8.00. The van der Waals surface area contributed by atoms with Gasteiger partial charge in [-0.3, -0.25) is 4.79 Å². The van der Waals surface area contributed by atoms with Crippen LogP contribution in [0.1, 0.15) is 0 Å². The van der Waals surface area contributed by atoms with Crippen molar-refractivity contribution in [3.63, 3.8) is 0 Å². The number of hydrogen-bond donors (Lipinski definition) is 0. The third kappa shape index (κ3) is 3.75. The first-order valence-electron chi connectivity index (χ1n) is 4.92. The van der Waals surface area contributed by atoms with Gasteiger partial charge in [0.1, 0.15) is 0 Å². The molecule has 0 aromatic rings. The molecule has 0 bridgehead atoms. The molecule has 1 rings (SSSR count). The van der Waals surface area contributed by atoms with Crippen molar-refractivity contribution in [2.45, 2.75) is 11.6 Å². The van der Waals surface area contributed by atoms with Gasteiger partial charge >= 0.3 is 6.18 Å². The van der Waals surface area contributed by atoms with Crippen LogP contribution in [0.4, 0.5) is 13.2 Å². The van der Waals surface area contributed by atoms with Gasteiger partial charge in [0.05, 0.1) is 12.8 Å². The second-order valence-corrected chi connectivity index (χ2v) is 7.15. The molecule has 0 aromatic heterocycles. The summed E-state index contributed by atoms with van der Waals surface area (Å²) in [4.78, 5) is 12.3. The molecule has 0 radical (unpaired) electrons. The molecular formula is C8H13F3N2O3S2. The van der Waals surface area contributed by atoms with E-state index in [9.17, 15) is 26.4 Å². The first-order chi connectivity index (χ1) is 8.03. The molecular weight excluding hydrogens is 293 g/mol. The van der Waals surface area contributed by atoms with Crippen molar-refractivity contribution in [2.24, 2.45) is 0 Å². The number of sulfonamides is 1. The van der Waals surface area contributed by atoms with Crippen molar-refractivity contribution in [3.05, 3.63) is 0 Å². The molecule has 106 valence electrons. The number of rotatable bonds is 3. The fourth-order valence-corrected chi connectivity index (χ4v) is 2.86. The van der Waals surface area contributed by atoms with Gasteiger partial charge in [0, 0.05) is 19.3 Å². The van der Waals surface area contributed by atoms with Crippen LogP contribution in [-0.4, -0.2) is 67.2 Å². The molecule has 0 saturated carbocycles. The third-order valence-electron chi connectivity index (χ3n) is 2.42. The van der Waals surface area contributed by atoms with Gasteiger partial charge in [-0.25, -0.2) is 8.42 Å². The fourth-order valence-electron chi connectivity index (χ4n) is 1.40. The van der Waals surface area contributed by atoms with E-state index < -0.39 is 34.0 Å². The standard InChI is InChI=1S/C8H13F3N2O3S2/c1-12(18(2,15)16)5-6(14)13-3-4-17-7(13)8(9,10)11/h7H,3-5H2,1-2H3. The minimum Gasteiger partial charge on any atom is -0.320 e. The largest absolute Gasteiger partial charge is 0.418 e. The van der Waals surface area contributed by atoms with Crippen molar-refractivity contribution in [1.29, 1.82) is 0 Å². The Morgan fingerprint density at radius 3 is 2.50 bits per heavy atom. The second-order valence-electron chi connectivity index (χ2n) is 3.87. The van der Waals surface area contributed by atoms with Crippen LogP contribution in [0, 0.1) is 0 Å². The Hall–Kier alpha value is -0.480. The maximum absolute atomic E-state index is 12.6. The molecule has 0 aliphatic carbocycles. The summed E-state index contributed by atoms with van der Waals surface area (Å²) < 4.78 is 60.7. The Morgan fingerprint density at radius 2 is 2.06 bits per heavy atom. The summed E-state index contributed by atoms with van der Waals surface area (Å²) in [5.41, 5.74) is 0. The topological polar surface area (TPSA) is 57.7 Å². The number of amides is 1. The SMILES string of the molecule is CN(CC(=O)N1CCSC1C(F)(F)F)S(C)(=O)=O. The Bertz CT molecular complexity index is 424. The monoisotopic (exact) mass is 306 g/mol. The number of thioether (sulfide) groups is 1. The molecule has 1 amide bonds. The Balaban J connectivity index is 2.73. The minimum atomic E-state index is -4.50. The summed E-state index contributed by atoms with van der Waals surface area (Å²) in [5.74, 6) is -0.645. The predicted octanol–water partition coefficient (Wildman–Crippen LogP) is 0.342. The number of nitrogens with zero attached hydrogens (tertiary/aromatic N) is 2. The molecule has 1 heterocycles. The lowest BCUT2D eigenvalue weighted by Crippen LogP contribution is -2.47. The molecule has 18 heavy (non-hydrogen) atoms. The summed E-state index contributed by atoms with van der Waals surface area (Å²) in [7, 11) is -2.43. The van der Waals surface area contributed by atoms with E-state index in [1.807, 2.05) is 0 Å². The Morgan fingerprint density at radius 1 is 1.50 bits per heavy atom. The summed E-state index contributed by atoms with van der Waals surface area (Å²) >= 11 is 0.632. The predicted molar refractivity (Wildman–Crippen MR) is 61.5 cm³/mol. The van der Waals surface area contributed by atoms with Crippen LogP contribution in [0.5, 0.6) is 0 Å². The maximum atomic E-state index is 12.6. The van der Waals surface area contributed by atoms with Crippen LogP contribution in [0.3, 0.4) is 0 Å². The maximum Gasteiger partial charge on any atom is 0.418 e. The second kappa shape index (κ2) is 5.25. The first-order valence-corrected chi connectivity index (χ1v) is 7.82. The van der Waals surface area contributed by atoms with Gasteiger partial charge in [-0.05, 0) is 0 Å². The summed E-state index contributed by atoms with van der Waals surface area (Å²) in [5, 5.41) is -1.88. The lowest BCUT2D eigenvalue weighted by molar-refractivity contribution is -0.166. The highest BCUT2D eigenvalue weighted by atomic mass is 32.2. The van der Waals surface area contributed by atoms with Crippen LogP contribution in [0.15, 0.2) is 0 Å². The van der Waals surface area contributed by atoms with E-state index >= 15 is 0 Å². The van der Waals surface area contributed by atoms with Gasteiger partial charge in [0.15, 0.2) is 5.37 Å². The van der Waals surface area contributed by atoms with Gasteiger partial charge in [-0.2, -0.15) is 17.5 Å². The average molecular weight is 306 g/mol. The van der Waals surface area contributed by atoms with Gasteiger partial charge in [0.2, 0.25) is 15.9 Å². The van der Waals surface area contributed by atoms with Crippen molar-refractivity contribution >= 4 is 27.7 Å². The first kappa shape index (κ1) is 15.6. The van der Waals surface area contributed by atoms with E-state index in [1.165, 1.54) is 0 Å². The van der Waals surface area contributed by atoms with Crippen LogP contribution >= 0.6 is 11.8 Å². The number of carbonyl (C=O) groups excluding carboxylic acids is 1. The van der Waals surface area contributed by atoms with Crippen LogP contribution in [-0.2, 0) is 14.8 Å². The van der Waals surface area contributed by atoms with Crippen LogP contribution in [0.2, 0.25) is 0 Å². The van der Waals surface area contributed by atoms with E-state index in [1.54, 1.807) is 0 Å². The minimum absolute atomic E-state index is 0.0225. The fraction of sp³-hybridized carbons (Fsp3) is 0.875. The normalized spacial score (nSPS) is 21.7. The summed E-state index contributed by atoms with van der Waals surface area (Å²) in [6.45, 7) is -0.600. The van der Waals surface area contributed by atoms with Gasteiger partial charge in [0.25, 0.3) is 0 Å². The van der Waals surface area contributed by atoms with E-state index in [4.69, 9.17) is 0 Å². The smallest absolute Gasteiger partial charge is 0.320 e. The summed E-state index contributed by atoms with van der Waals surface area (Å²) in [6, 6.07) is 0. The molecule has 1 saturated heterocycles. The zero-order valence-corrected chi connectivity index (χ0v) is 11.4. The number of carbonyl (C=O) groups is 1. The molecule has 5 nitrogen and oxygen atoms in total. The lowest BCUT2D eigenvalue weighted by Gasteiger charge is -2.27. The average Bonchev–Trinajstić information content (AvgIpc) is 2.63.